The van der Waals surface area contributed by atoms with Crippen molar-refractivity contribution in [3.63, 3.8) is 0 Å². The first-order chi connectivity index (χ1) is 8.45. The van der Waals surface area contributed by atoms with Crippen LogP contribution in [0.2, 0.25) is 0 Å². The number of likely N-dealkylation sites (N-methyl/N-ethyl adjacent to an activating group) is 1. The van der Waals surface area contributed by atoms with Gasteiger partial charge in [-0.05, 0) is 25.5 Å². The molecular formula is C12H17N3O3. The van der Waals surface area contributed by atoms with Crippen LogP contribution < -0.4 is 5.32 Å². The smallest absolute Gasteiger partial charge is 0.292 e. The van der Waals surface area contributed by atoms with Gasteiger partial charge in [-0.1, -0.05) is 6.07 Å². The highest BCUT2D eigenvalue weighted by atomic mass is 16.6. The van der Waals surface area contributed by atoms with Gasteiger partial charge in [-0.3, -0.25) is 14.9 Å². The fraction of sp³-hybridized carbons (Fsp3) is 0.417. The summed E-state index contributed by atoms with van der Waals surface area (Å²) in [6, 6.07) is 4.87. The lowest BCUT2D eigenvalue weighted by Gasteiger charge is -2.15. The topological polar surface area (TPSA) is 75.5 Å². The minimum atomic E-state index is -0.455. The van der Waals surface area contributed by atoms with Gasteiger partial charge in [0, 0.05) is 19.7 Å². The average Bonchev–Trinajstić information content (AvgIpc) is 2.35. The second kappa shape index (κ2) is 6.00. The van der Waals surface area contributed by atoms with Gasteiger partial charge < -0.3 is 10.2 Å². The number of nitro benzene ring substituents is 1. The number of hydrogen-bond donors (Lipinski definition) is 1. The number of amides is 1. The van der Waals surface area contributed by atoms with E-state index in [1.54, 1.807) is 31.0 Å². The predicted molar refractivity (Wildman–Crippen MR) is 69.6 cm³/mol. The Morgan fingerprint density at radius 3 is 2.72 bits per heavy atom. The summed E-state index contributed by atoms with van der Waals surface area (Å²) in [5.74, 6) is -0.104. The average molecular weight is 251 g/mol. The monoisotopic (exact) mass is 251 g/mol. The molecular weight excluding hydrogens is 234 g/mol. The van der Waals surface area contributed by atoms with Gasteiger partial charge in [-0.15, -0.1) is 0 Å². The lowest BCUT2D eigenvalue weighted by atomic mass is 10.2. The number of carbonyl (C=O) groups is 1. The number of rotatable bonds is 5. The van der Waals surface area contributed by atoms with Gasteiger partial charge >= 0.3 is 0 Å². The number of hydrogen-bond acceptors (Lipinski definition) is 4. The number of nitro groups is 1. The van der Waals surface area contributed by atoms with Crippen LogP contribution in [0.4, 0.5) is 11.4 Å². The SMILES string of the molecule is CCN(C)C(=O)CNc1ccc(C)cc1[N+](=O)[O-]. The van der Waals surface area contributed by atoms with Crippen molar-refractivity contribution in [1.82, 2.24) is 4.90 Å². The molecule has 0 radical (unpaired) electrons. The van der Waals surface area contributed by atoms with Crippen molar-refractivity contribution in [3.05, 3.63) is 33.9 Å². The molecule has 0 aromatic heterocycles. The molecule has 6 heteroatoms. The summed E-state index contributed by atoms with van der Waals surface area (Å²) in [4.78, 5) is 23.6. The molecule has 0 spiro atoms. The predicted octanol–water partition coefficient (Wildman–Crippen LogP) is 1.79. The van der Waals surface area contributed by atoms with Gasteiger partial charge in [-0.2, -0.15) is 0 Å². The van der Waals surface area contributed by atoms with Crippen molar-refractivity contribution in [1.29, 1.82) is 0 Å². The number of nitrogens with one attached hydrogen (secondary N) is 1. The molecule has 0 unspecified atom stereocenters. The molecule has 1 aromatic rings. The Balaban J connectivity index is 2.79. The summed E-state index contributed by atoms with van der Waals surface area (Å²) >= 11 is 0. The van der Waals surface area contributed by atoms with Crippen molar-refractivity contribution in [2.24, 2.45) is 0 Å². The van der Waals surface area contributed by atoms with Gasteiger partial charge in [0.15, 0.2) is 0 Å². The Hall–Kier alpha value is -2.11. The van der Waals surface area contributed by atoms with Crippen molar-refractivity contribution in [2.75, 3.05) is 25.5 Å². The van der Waals surface area contributed by atoms with Crippen LogP contribution in [0.25, 0.3) is 0 Å². The minimum absolute atomic E-state index is 0.0121. The van der Waals surface area contributed by atoms with Gasteiger partial charge in [0.2, 0.25) is 5.91 Å². The van der Waals surface area contributed by atoms with Gasteiger partial charge in [-0.25, -0.2) is 0 Å². The highest BCUT2D eigenvalue weighted by Gasteiger charge is 2.15. The molecule has 6 nitrogen and oxygen atoms in total. The first-order valence-corrected chi connectivity index (χ1v) is 5.68. The zero-order valence-electron chi connectivity index (χ0n) is 10.8. The second-order valence-electron chi connectivity index (χ2n) is 4.04. The molecule has 1 amide bonds. The molecule has 1 N–H and O–H groups in total. The Kier molecular flexibility index (Phi) is 4.65. The van der Waals surface area contributed by atoms with E-state index in [4.69, 9.17) is 0 Å². The summed E-state index contributed by atoms with van der Waals surface area (Å²) < 4.78 is 0. The van der Waals surface area contributed by atoms with Gasteiger partial charge in [0.25, 0.3) is 5.69 Å². The summed E-state index contributed by atoms with van der Waals surface area (Å²) in [6.07, 6.45) is 0. The summed E-state index contributed by atoms with van der Waals surface area (Å²) in [7, 11) is 1.69. The van der Waals surface area contributed by atoms with Crippen LogP contribution in [0, 0.1) is 17.0 Å². The number of carbonyl (C=O) groups excluding carboxylic acids is 1. The third kappa shape index (κ3) is 3.44. The Morgan fingerprint density at radius 2 is 2.17 bits per heavy atom. The van der Waals surface area contributed by atoms with Crippen LogP contribution in [0.1, 0.15) is 12.5 Å². The van der Waals surface area contributed by atoms with Crippen LogP contribution in [-0.2, 0) is 4.79 Å². The number of nitrogens with zero attached hydrogens (tertiary/aromatic N) is 2. The Bertz CT molecular complexity index is 460. The summed E-state index contributed by atoms with van der Waals surface area (Å²) in [5, 5.41) is 13.7. The van der Waals surface area contributed by atoms with E-state index in [2.05, 4.69) is 5.32 Å². The van der Waals surface area contributed by atoms with Crippen molar-refractivity contribution >= 4 is 17.3 Å². The maximum atomic E-state index is 11.6. The standard InChI is InChI=1S/C12H17N3O3/c1-4-14(3)12(16)8-13-10-6-5-9(2)7-11(10)15(17)18/h5-7,13H,4,8H2,1-3H3. The molecule has 0 aliphatic heterocycles. The summed E-state index contributed by atoms with van der Waals surface area (Å²) in [5.41, 5.74) is 1.16. The van der Waals surface area contributed by atoms with Gasteiger partial charge in [0.05, 0.1) is 11.5 Å². The first-order valence-electron chi connectivity index (χ1n) is 5.68. The second-order valence-corrected chi connectivity index (χ2v) is 4.04. The Labute approximate surface area is 106 Å². The van der Waals surface area contributed by atoms with E-state index >= 15 is 0 Å². The molecule has 0 bridgehead atoms. The van der Waals surface area contributed by atoms with Crippen LogP contribution in [0.5, 0.6) is 0 Å². The molecule has 0 atom stereocenters. The van der Waals surface area contributed by atoms with Crippen LogP contribution in [0.3, 0.4) is 0 Å². The molecule has 0 aliphatic carbocycles. The van der Waals surface area contributed by atoms with E-state index in [0.717, 1.165) is 5.56 Å². The molecule has 0 fully saturated rings. The lowest BCUT2D eigenvalue weighted by molar-refractivity contribution is -0.384. The van der Waals surface area contributed by atoms with Crippen LogP contribution in [0.15, 0.2) is 18.2 Å². The largest absolute Gasteiger partial charge is 0.371 e. The number of anilines is 1. The third-order valence-electron chi connectivity index (χ3n) is 2.68. The molecule has 1 rings (SSSR count). The molecule has 98 valence electrons. The van der Waals surface area contributed by atoms with Crippen LogP contribution in [-0.4, -0.2) is 35.9 Å². The summed E-state index contributed by atoms with van der Waals surface area (Å²) in [6.45, 7) is 4.31. The molecule has 18 heavy (non-hydrogen) atoms. The number of benzene rings is 1. The fourth-order valence-electron chi connectivity index (χ4n) is 1.42. The van der Waals surface area contributed by atoms with E-state index in [0.29, 0.717) is 12.2 Å². The maximum Gasteiger partial charge on any atom is 0.292 e. The maximum absolute atomic E-state index is 11.6. The fourth-order valence-corrected chi connectivity index (χ4v) is 1.42. The van der Waals surface area contributed by atoms with Crippen molar-refractivity contribution in [3.8, 4) is 0 Å². The van der Waals surface area contributed by atoms with E-state index in [9.17, 15) is 14.9 Å². The van der Waals surface area contributed by atoms with Crippen molar-refractivity contribution < 1.29 is 9.72 Å². The molecule has 0 aliphatic rings. The van der Waals surface area contributed by atoms with Gasteiger partial charge in [0.1, 0.15) is 5.69 Å². The zero-order chi connectivity index (χ0) is 13.7. The molecule has 0 saturated carbocycles. The van der Waals surface area contributed by atoms with E-state index < -0.39 is 4.92 Å². The lowest BCUT2D eigenvalue weighted by Crippen LogP contribution is -2.31. The zero-order valence-corrected chi connectivity index (χ0v) is 10.8. The highest BCUT2D eigenvalue weighted by molar-refractivity contribution is 5.81. The van der Waals surface area contributed by atoms with Crippen molar-refractivity contribution in [2.45, 2.75) is 13.8 Å². The van der Waals surface area contributed by atoms with E-state index in [1.165, 1.54) is 6.07 Å². The first kappa shape index (κ1) is 14.0. The highest BCUT2D eigenvalue weighted by Crippen LogP contribution is 2.24. The molecule has 1 aromatic carbocycles. The van der Waals surface area contributed by atoms with Crippen LogP contribution >= 0.6 is 0 Å². The molecule has 0 heterocycles. The number of aryl methyl sites for hydroxylation is 1. The minimum Gasteiger partial charge on any atom is -0.371 e. The normalized spacial score (nSPS) is 9.94. The molecule has 0 saturated heterocycles. The van der Waals surface area contributed by atoms with E-state index in [-0.39, 0.29) is 18.1 Å². The Morgan fingerprint density at radius 1 is 1.50 bits per heavy atom. The third-order valence-corrected chi connectivity index (χ3v) is 2.68. The van der Waals surface area contributed by atoms with E-state index in [1.807, 2.05) is 6.92 Å². The quantitative estimate of drug-likeness (QED) is 0.639.